The number of ether oxygens (including phenoxy) is 1. The van der Waals surface area contributed by atoms with Gasteiger partial charge >= 0.3 is 0 Å². The van der Waals surface area contributed by atoms with Crippen LogP contribution >= 0.6 is 0 Å². The topological polar surface area (TPSA) is 58.8 Å². The molecular formula is C20H15N3O. The standard InChI is InChI=1S/C20H15N3O/c1-14-19(13-22-20(23-14)17-6-4-3-5-7-17)15(2)24-18-10-8-16(12-21)9-11-18/h3-11,13H,2H2,1H3. The van der Waals surface area contributed by atoms with Gasteiger partial charge in [0, 0.05) is 11.8 Å². The van der Waals surface area contributed by atoms with Crippen LogP contribution < -0.4 is 4.74 Å². The molecule has 1 aromatic heterocycles. The highest BCUT2D eigenvalue weighted by molar-refractivity contribution is 5.63. The lowest BCUT2D eigenvalue weighted by Crippen LogP contribution is -2.01. The summed E-state index contributed by atoms with van der Waals surface area (Å²) in [5.41, 5.74) is 3.09. The number of hydrogen-bond donors (Lipinski definition) is 0. The van der Waals surface area contributed by atoms with Crippen LogP contribution in [0.3, 0.4) is 0 Å². The molecule has 0 spiro atoms. The van der Waals surface area contributed by atoms with Crippen molar-refractivity contribution < 1.29 is 4.74 Å². The Kier molecular flexibility index (Phi) is 4.35. The van der Waals surface area contributed by atoms with Crippen LogP contribution in [0.2, 0.25) is 0 Å². The minimum absolute atomic E-state index is 0.469. The summed E-state index contributed by atoms with van der Waals surface area (Å²) >= 11 is 0. The minimum atomic E-state index is 0.469. The Bertz CT molecular complexity index is 910. The number of nitrogens with zero attached hydrogens (tertiary/aromatic N) is 3. The van der Waals surface area contributed by atoms with Gasteiger partial charge in [-0.25, -0.2) is 9.97 Å². The molecule has 0 N–H and O–H groups in total. The summed E-state index contributed by atoms with van der Waals surface area (Å²) in [4.78, 5) is 8.94. The molecule has 3 rings (SSSR count). The van der Waals surface area contributed by atoms with Crippen LogP contribution in [0.1, 0.15) is 16.8 Å². The van der Waals surface area contributed by atoms with Crippen LogP contribution in [0.5, 0.6) is 5.75 Å². The van der Waals surface area contributed by atoms with Gasteiger partial charge in [0.15, 0.2) is 5.82 Å². The first kappa shape index (κ1) is 15.4. The first-order valence-electron chi connectivity index (χ1n) is 7.44. The minimum Gasteiger partial charge on any atom is -0.457 e. The van der Waals surface area contributed by atoms with E-state index in [0.717, 1.165) is 16.8 Å². The molecule has 0 fully saturated rings. The zero-order chi connectivity index (χ0) is 16.9. The molecule has 4 nitrogen and oxygen atoms in total. The van der Waals surface area contributed by atoms with Gasteiger partial charge in [-0.05, 0) is 31.2 Å². The quantitative estimate of drug-likeness (QED) is 0.671. The van der Waals surface area contributed by atoms with Crippen LogP contribution in [0.25, 0.3) is 17.1 Å². The maximum atomic E-state index is 8.82. The molecule has 0 aliphatic carbocycles. The highest BCUT2D eigenvalue weighted by atomic mass is 16.5. The van der Waals surface area contributed by atoms with Crippen molar-refractivity contribution in [3.63, 3.8) is 0 Å². The van der Waals surface area contributed by atoms with Crippen LogP contribution in [-0.2, 0) is 0 Å². The van der Waals surface area contributed by atoms with E-state index in [1.165, 1.54) is 0 Å². The van der Waals surface area contributed by atoms with E-state index in [9.17, 15) is 0 Å². The van der Waals surface area contributed by atoms with Crippen molar-refractivity contribution in [2.75, 3.05) is 0 Å². The van der Waals surface area contributed by atoms with Crippen LogP contribution in [0.15, 0.2) is 67.4 Å². The normalized spacial score (nSPS) is 10.0. The Morgan fingerprint density at radius 2 is 1.79 bits per heavy atom. The van der Waals surface area contributed by atoms with Crippen molar-refractivity contribution in [2.45, 2.75) is 6.92 Å². The molecule has 24 heavy (non-hydrogen) atoms. The van der Waals surface area contributed by atoms with Gasteiger partial charge < -0.3 is 4.74 Å². The number of nitriles is 1. The predicted octanol–water partition coefficient (Wildman–Crippen LogP) is 4.37. The summed E-state index contributed by atoms with van der Waals surface area (Å²) in [5.74, 6) is 1.75. The molecule has 0 saturated carbocycles. The Balaban J connectivity index is 1.81. The zero-order valence-electron chi connectivity index (χ0n) is 13.2. The summed E-state index contributed by atoms with van der Waals surface area (Å²) in [6.07, 6.45) is 1.72. The lowest BCUT2D eigenvalue weighted by atomic mass is 10.1. The molecule has 0 saturated heterocycles. The van der Waals surface area contributed by atoms with Crippen LogP contribution in [0.4, 0.5) is 0 Å². The third-order valence-electron chi connectivity index (χ3n) is 3.54. The maximum absolute atomic E-state index is 8.82. The monoisotopic (exact) mass is 313 g/mol. The molecule has 0 atom stereocenters. The average Bonchev–Trinajstić information content (AvgIpc) is 2.63. The smallest absolute Gasteiger partial charge is 0.159 e. The molecule has 1 heterocycles. The Hall–Kier alpha value is -3.45. The largest absolute Gasteiger partial charge is 0.457 e. The van der Waals surface area contributed by atoms with Gasteiger partial charge in [-0.15, -0.1) is 0 Å². The van der Waals surface area contributed by atoms with Crippen molar-refractivity contribution in [1.82, 2.24) is 9.97 Å². The fourth-order valence-corrected chi connectivity index (χ4v) is 2.26. The summed E-state index contributed by atoms with van der Waals surface area (Å²) in [6.45, 7) is 5.86. The van der Waals surface area contributed by atoms with Crippen LogP contribution in [0, 0.1) is 18.3 Å². The lowest BCUT2D eigenvalue weighted by Gasteiger charge is -2.11. The molecule has 4 heteroatoms. The van der Waals surface area contributed by atoms with Gasteiger partial charge in [-0.3, -0.25) is 0 Å². The van der Waals surface area contributed by atoms with E-state index < -0.39 is 0 Å². The van der Waals surface area contributed by atoms with Crippen molar-refractivity contribution >= 4 is 5.76 Å². The van der Waals surface area contributed by atoms with Gasteiger partial charge in [0.1, 0.15) is 11.5 Å². The summed E-state index contributed by atoms with van der Waals surface area (Å²) < 4.78 is 5.74. The molecule has 0 amide bonds. The molecule has 116 valence electrons. The molecule has 0 aliphatic heterocycles. The maximum Gasteiger partial charge on any atom is 0.159 e. The molecule has 0 unspecified atom stereocenters. The van der Waals surface area contributed by atoms with Crippen LogP contribution in [-0.4, -0.2) is 9.97 Å². The zero-order valence-corrected chi connectivity index (χ0v) is 13.2. The van der Waals surface area contributed by atoms with Gasteiger partial charge in [0.2, 0.25) is 0 Å². The van der Waals surface area contributed by atoms with Crippen molar-refractivity contribution in [3.05, 3.63) is 84.2 Å². The molecular weight excluding hydrogens is 298 g/mol. The van der Waals surface area contributed by atoms with E-state index in [0.29, 0.717) is 22.9 Å². The number of rotatable bonds is 4. The fraction of sp³-hybridized carbons (Fsp3) is 0.0500. The number of aryl methyl sites for hydroxylation is 1. The second-order valence-electron chi connectivity index (χ2n) is 5.22. The van der Waals surface area contributed by atoms with Crippen molar-refractivity contribution in [1.29, 1.82) is 5.26 Å². The number of aromatic nitrogens is 2. The molecule has 0 bridgehead atoms. The average molecular weight is 313 g/mol. The summed E-state index contributed by atoms with van der Waals surface area (Å²) in [5, 5.41) is 8.82. The van der Waals surface area contributed by atoms with E-state index in [1.807, 2.05) is 37.3 Å². The first-order valence-corrected chi connectivity index (χ1v) is 7.44. The molecule has 2 aromatic carbocycles. The van der Waals surface area contributed by atoms with E-state index in [-0.39, 0.29) is 0 Å². The van der Waals surface area contributed by atoms with Gasteiger partial charge in [0.05, 0.1) is 22.9 Å². The van der Waals surface area contributed by atoms with Crippen molar-refractivity contribution in [3.8, 4) is 23.2 Å². The third kappa shape index (κ3) is 3.31. The predicted molar refractivity (Wildman–Crippen MR) is 93.0 cm³/mol. The second kappa shape index (κ2) is 6.76. The molecule has 0 radical (unpaired) electrons. The Morgan fingerprint density at radius 3 is 2.42 bits per heavy atom. The Morgan fingerprint density at radius 1 is 1.08 bits per heavy atom. The SMILES string of the molecule is C=C(Oc1ccc(C#N)cc1)c1cnc(-c2ccccc2)nc1C. The Labute approximate surface area is 140 Å². The van der Waals surface area contributed by atoms with Gasteiger partial charge in [0.25, 0.3) is 0 Å². The van der Waals surface area contributed by atoms with E-state index in [2.05, 4.69) is 22.6 Å². The lowest BCUT2D eigenvalue weighted by molar-refractivity contribution is 0.515. The fourth-order valence-electron chi connectivity index (χ4n) is 2.26. The van der Waals surface area contributed by atoms with E-state index >= 15 is 0 Å². The number of benzene rings is 2. The van der Waals surface area contributed by atoms with E-state index in [1.54, 1.807) is 30.5 Å². The highest BCUT2D eigenvalue weighted by Gasteiger charge is 2.10. The van der Waals surface area contributed by atoms with E-state index in [4.69, 9.17) is 10.00 Å². The third-order valence-corrected chi connectivity index (χ3v) is 3.54. The van der Waals surface area contributed by atoms with Gasteiger partial charge in [-0.1, -0.05) is 36.9 Å². The summed E-state index contributed by atoms with van der Waals surface area (Å²) in [7, 11) is 0. The first-order chi connectivity index (χ1) is 11.7. The summed E-state index contributed by atoms with van der Waals surface area (Å²) in [6, 6.07) is 18.7. The second-order valence-corrected chi connectivity index (χ2v) is 5.22. The van der Waals surface area contributed by atoms with Crippen molar-refractivity contribution in [2.24, 2.45) is 0 Å². The molecule has 0 aliphatic rings. The highest BCUT2D eigenvalue weighted by Crippen LogP contribution is 2.23. The molecule has 3 aromatic rings. The number of hydrogen-bond acceptors (Lipinski definition) is 4. The van der Waals surface area contributed by atoms with Gasteiger partial charge in [-0.2, -0.15) is 5.26 Å².